The van der Waals surface area contributed by atoms with E-state index >= 15 is 0 Å². The van der Waals surface area contributed by atoms with E-state index in [1.165, 1.54) is 0 Å². The number of rotatable bonds is 5. The third-order valence-electron chi connectivity index (χ3n) is 1.39. The van der Waals surface area contributed by atoms with Gasteiger partial charge < -0.3 is 9.47 Å². The Labute approximate surface area is 84.9 Å². The first-order valence-electron chi connectivity index (χ1n) is 3.66. The van der Waals surface area contributed by atoms with Gasteiger partial charge in [-0.15, -0.1) is 0 Å². The molecule has 0 aliphatic heterocycles. The molecule has 1 atom stereocenters. The minimum Gasteiger partial charge on any atom is -0.453 e. The van der Waals surface area contributed by atoms with Gasteiger partial charge in [0.25, 0.3) is 0 Å². The van der Waals surface area contributed by atoms with E-state index in [4.69, 9.17) is 4.55 Å². The summed E-state index contributed by atoms with van der Waals surface area (Å²) >= 11 is 0. The Hall–Kier alpha value is -0.800. The van der Waals surface area contributed by atoms with Gasteiger partial charge in [-0.05, 0) is 6.92 Å². The molecule has 0 saturated heterocycles. The summed E-state index contributed by atoms with van der Waals surface area (Å²) in [5, 5.41) is -4.55. The second-order valence-electron chi connectivity index (χ2n) is 2.60. The highest BCUT2D eigenvalue weighted by molar-refractivity contribution is 7.86. The van der Waals surface area contributed by atoms with Crippen molar-refractivity contribution >= 4 is 16.1 Å². The molecule has 0 rings (SSSR count). The molecule has 0 fully saturated rings. The summed E-state index contributed by atoms with van der Waals surface area (Å²) in [5.74, 6) is -1.16. The second kappa shape index (κ2) is 4.81. The van der Waals surface area contributed by atoms with Gasteiger partial charge in [-0.3, -0.25) is 4.55 Å². The number of carbonyl (C=O) groups is 1. The second-order valence-corrected chi connectivity index (χ2v) is 4.10. The van der Waals surface area contributed by atoms with Crippen LogP contribution in [0.3, 0.4) is 0 Å². The summed E-state index contributed by atoms with van der Waals surface area (Å²) in [6, 6.07) is 0. The van der Waals surface area contributed by atoms with Crippen LogP contribution in [0, 0.1) is 0 Å². The van der Waals surface area contributed by atoms with Gasteiger partial charge >= 0.3 is 21.3 Å². The largest absolute Gasteiger partial charge is 0.453 e. The van der Waals surface area contributed by atoms with Crippen molar-refractivity contribution in [3.63, 3.8) is 0 Å². The first-order valence-corrected chi connectivity index (χ1v) is 5.10. The van der Waals surface area contributed by atoms with E-state index in [2.05, 4.69) is 9.47 Å². The van der Waals surface area contributed by atoms with Crippen LogP contribution in [0.5, 0.6) is 0 Å². The molecule has 0 bridgehead atoms. The number of alkyl halides is 2. The van der Waals surface area contributed by atoms with E-state index in [0.717, 1.165) is 7.11 Å². The van der Waals surface area contributed by atoms with E-state index in [1.54, 1.807) is 0 Å². The zero-order chi connectivity index (χ0) is 12.3. The number of hydrogen-bond acceptors (Lipinski definition) is 5. The third kappa shape index (κ3) is 3.68. The van der Waals surface area contributed by atoms with Gasteiger partial charge in [0, 0.05) is 7.11 Å². The molecule has 0 amide bonds. The molecule has 0 aromatic heterocycles. The molecular weight excluding hydrogens is 238 g/mol. The monoisotopic (exact) mass is 248 g/mol. The Bertz CT molecular complexity index is 325. The maximum atomic E-state index is 12.8. The standard InChI is InChI=1S/C6H10F2O6S/c1-4(14-5(9)3-13-2)6(7,8)15(10,11)12/h4H,3H2,1-2H3,(H,10,11,12). The number of hydrogen-bond donors (Lipinski definition) is 1. The lowest BCUT2D eigenvalue weighted by Crippen LogP contribution is -2.42. The molecule has 0 aliphatic carbocycles. The Morgan fingerprint density at radius 3 is 2.33 bits per heavy atom. The highest BCUT2D eigenvalue weighted by Crippen LogP contribution is 2.26. The molecule has 0 aromatic rings. The van der Waals surface area contributed by atoms with E-state index < -0.39 is 34.1 Å². The smallest absolute Gasteiger partial charge is 0.405 e. The zero-order valence-corrected chi connectivity index (χ0v) is 8.75. The quantitative estimate of drug-likeness (QED) is 0.546. The van der Waals surface area contributed by atoms with E-state index in [-0.39, 0.29) is 0 Å². The zero-order valence-electron chi connectivity index (χ0n) is 7.94. The van der Waals surface area contributed by atoms with Gasteiger partial charge in [-0.25, -0.2) is 4.79 Å². The minimum atomic E-state index is -5.61. The fourth-order valence-electron chi connectivity index (χ4n) is 0.627. The van der Waals surface area contributed by atoms with Crippen LogP contribution < -0.4 is 0 Å². The van der Waals surface area contributed by atoms with Crippen molar-refractivity contribution in [2.45, 2.75) is 18.3 Å². The van der Waals surface area contributed by atoms with Crippen LogP contribution in [-0.4, -0.2) is 44.0 Å². The Morgan fingerprint density at radius 1 is 1.53 bits per heavy atom. The highest BCUT2D eigenvalue weighted by Gasteiger charge is 2.51. The lowest BCUT2D eigenvalue weighted by atomic mass is 10.4. The van der Waals surface area contributed by atoms with Gasteiger partial charge in [-0.2, -0.15) is 17.2 Å². The normalized spacial score (nSPS) is 14.7. The molecule has 15 heavy (non-hydrogen) atoms. The molecule has 0 heterocycles. The molecule has 0 radical (unpaired) electrons. The summed E-state index contributed by atoms with van der Waals surface area (Å²) in [6.07, 6.45) is -2.30. The first-order chi connectivity index (χ1) is 6.63. The lowest BCUT2D eigenvalue weighted by Gasteiger charge is -2.20. The molecule has 90 valence electrons. The molecule has 0 spiro atoms. The van der Waals surface area contributed by atoms with Crippen LogP contribution in [0.1, 0.15) is 6.92 Å². The predicted molar refractivity (Wildman–Crippen MR) is 43.9 cm³/mol. The van der Waals surface area contributed by atoms with Crippen molar-refractivity contribution in [1.29, 1.82) is 0 Å². The number of halogens is 2. The van der Waals surface area contributed by atoms with Crippen LogP contribution in [0.25, 0.3) is 0 Å². The number of carbonyl (C=O) groups excluding carboxylic acids is 1. The summed E-state index contributed by atoms with van der Waals surface area (Å²) in [6.45, 7) is 0.0488. The number of ether oxygens (including phenoxy) is 2. The van der Waals surface area contributed by atoms with Crippen LogP contribution >= 0.6 is 0 Å². The summed E-state index contributed by atoms with van der Waals surface area (Å²) in [7, 11) is -4.48. The molecule has 1 unspecified atom stereocenters. The van der Waals surface area contributed by atoms with E-state index in [1.807, 2.05) is 0 Å². The SMILES string of the molecule is COCC(=O)OC(C)C(F)(F)S(=O)(=O)O. The number of methoxy groups -OCH3 is 1. The van der Waals surface area contributed by atoms with Gasteiger partial charge in [-0.1, -0.05) is 0 Å². The van der Waals surface area contributed by atoms with Crippen molar-refractivity contribution in [2.24, 2.45) is 0 Å². The summed E-state index contributed by atoms with van der Waals surface area (Å²) in [5.41, 5.74) is 0. The third-order valence-corrected chi connectivity index (χ3v) is 2.41. The van der Waals surface area contributed by atoms with E-state index in [0.29, 0.717) is 6.92 Å². The predicted octanol–water partition coefficient (Wildman–Crippen LogP) is 0.0451. The Balaban J connectivity index is 4.59. The molecule has 1 N–H and O–H groups in total. The van der Waals surface area contributed by atoms with Crippen LogP contribution in [-0.2, 0) is 24.4 Å². The van der Waals surface area contributed by atoms with Gasteiger partial charge in [0.1, 0.15) is 6.61 Å². The van der Waals surface area contributed by atoms with Crippen molar-refractivity contribution in [3.05, 3.63) is 0 Å². The van der Waals surface area contributed by atoms with Gasteiger partial charge in [0.05, 0.1) is 0 Å². The van der Waals surface area contributed by atoms with Gasteiger partial charge in [0.15, 0.2) is 6.10 Å². The van der Waals surface area contributed by atoms with Crippen molar-refractivity contribution in [3.8, 4) is 0 Å². The van der Waals surface area contributed by atoms with Crippen molar-refractivity contribution < 1.29 is 36.0 Å². The maximum Gasteiger partial charge on any atom is 0.405 e. The highest BCUT2D eigenvalue weighted by atomic mass is 32.2. The average molecular weight is 248 g/mol. The Morgan fingerprint density at radius 2 is 2.00 bits per heavy atom. The molecule has 0 aliphatic rings. The van der Waals surface area contributed by atoms with Crippen LogP contribution in [0.2, 0.25) is 0 Å². The summed E-state index contributed by atoms with van der Waals surface area (Å²) in [4.78, 5) is 10.7. The lowest BCUT2D eigenvalue weighted by molar-refractivity contribution is -0.163. The molecule has 0 saturated carbocycles. The maximum absolute atomic E-state index is 12.8. The molecule has 0 aromatic carbocycles. The topological polar surface area (TPSA) is 89.9 Å². The molecule has 6 nitrogen and oxygen atoms in total. The van der Waals surface area contributed by atoms with Crippen LogP contribution in [0.4, 0.5) is 8.78 Å². The van der Waals surface area contributed by atoms with E-state index in [9.17, 15) is 22.0 Å². The molecular formula is C6H10F2O6S. The summed E-state index contributed by atoms with van der Waals surface area (Å²) < 4.78 is 62.4. The Kier molecular flexibility index (Phi) is 4.56. The minimum absolute atomic E-state index is 0.591. The van der Waals surface area contributed by atoms with Gasteiger partial charge in [0.2, 0.25) is 0 Å². The fourth-order valence-corrected chi connectivity index (χ4v) is 1.09. The average Bonchev–Trinajstić information content (AvgIpc) is 2.02. The molecule has 9 heteroatoms. The fraction of sp³-hybridized carbons (Fsp3) is 0.833. The van der Waals surface area contributed by atoms with Crippen LogP contribution in [0.15, 0.2) is 0 Å². The van der Waals surface area contributed by atoms with Crippen molar-refractivity contribution in [2.75, 3.05) is 13.7 Å². The van der Waals surface area contributed by atoms with Crippen molar-refractivity contribution in [1.82, 2.24) is 0 Å². The first kappa shape index (κ1) is 14.2. The number of esters is 1.